The molecule has 1 N–H and O–H groups in total. The highest BCUT2D eigenvalue weighted by molar-refractivity contribution is 6.07. The second-order valence-electron chi connectivity index (χ2n) is 5.26. The molecule has 4 heteroatoms. The highest BCUT2D eigenvalue weighted by atomic mass is 16.4. The first-order valence-electron chi connectivity index (χ1n) is 7.21. The average molecular weight is 300 g/mol. The molecule has 110 valence electrons. The van der Waals surface area contributed by atoms with Crippen LogP contribution in [0.25, 0.3) is 32.9 Å². The Balaban J connectivity index is 2.10. The normalized spacial score (nSPS) is 11.0. The van der Waals surface area contributed by atoms with Gasteiger partial charge in [0.1, 0.15) is 0 Å². The zero-order chi connectivity index (χ0) is 15.8. The fraction of sp³-hybridized carbons (Fsp3) is 0. The van der Waals surface area contributed by atoms with Crippen molar-refractivity contribution in [3.05, 3.63) is 72.6 Å². The molecule has 0 atom stereocenters. The van der Waals surface area contributed by atoms with Crippen LogP contribution in [0.4, 0.5) is 0 Å². The van der Waals surface area contributed by atoms with E-state index < -0.39 is 5.97 Å². The number of nitrogens with zero attached hydrogens (tertiary/aromatic N) is 2. The van der Waals surface area contributed by atoms with Gasteiger partial charge in [-0.25, -0.2) is 9.78 Å². The lowest BCUT2D eigenvalue weighted by molar-refractivity contribution is 0.0692. The number of carbonyl (C=O) groups is 1. The molecule has 23 heavy (non-hydrogen) atoms. The average Bonchev–Trinajstić information content (AvgIpc) is 2.61. The van der Waals surface area contributed by atoms with Crippen LogP contribution in [-0.4, -0.2) is 21.0 Å². The van der Waals surface area contributed by atoms with Crippen LogP contribution in [-0.2, 0) is 0 Å². The van der Waals surface area contributed by atoms with E-state index >= 15 is 0 Å². The maximum atomic E-state index is 11.7. The van der Waals surface area contributed by atoms with E-state index in [-0.39, 0.29) is 5.69 Å². The third kappa shape index (κ3) is 2.21. The largest absolute Gasteiger partial charge is 0.476 e. The molecule has 0 aliphatic carbocycles. The number of fused-ring (bicyclic) bond motifs is 3. The van der Waals surface area contributed by atoms with E-state index in [0.717, 1.165) is 21.9 Å². The Morgan fingerprint density at radius 3 is 2.57 bits per heavy atom. The summed E-state index contributed by atoms with van der Waals surface area (Å²) in [6, 6.07) is 18.9. The molecule has 0 saturated carbocycles. The highest BCUT2D eigenvalue weighted by Crippen LogP contribution is 2.29. The molecule has 2 aromatic carbocycles. The van der Waals surface area contributed by atoms with Gasteiger partial charge in [0.15, 0.2) is 5.69 Å². The first kappa shape index (κ1) is 13.4. The van der Waals surface area contributed by atoms with E-state index in [4.69, 9.17) is 0 Å². The van der Waals surface area contributed by atoms with Crippen LogP contribution < -0.4 is 0 Å². The summed E-state index contributed by atoms with van der Waals surface area (Å²) in [5.41, 5.74) is 2.98. The molecule has 0 aliphatic rings. The molecule has 0 spiro atoms. The summed E-state index contributed by atoms with van der Waals surface area (Å²) >= 11 is 0. The molecule has 0 unspecified atom stereocenters. The van der Waals surface area contributed by atoms with Gasteiger partial charge in [-0.1, -0.05) is 36.4 Å². The Morgan fingerprint density at radius 1 is 0.957 bits per heavy atom. The van der Waals surface area contributed by atoms with Gasteiger partial charge in [-0.2, -0.15) is 0 Å². The number of benzene rings is 2. The monoisotopic (exact) mass is 300 g/mol. The summed E-state index contributed by atoms with van der Waals surface area (Å²) in [5, 5.41) is 11.3. The fourth-order valence-electron chi connectivity index (χ4n) is 2.79. The van der Waals surface area contributed by atoms with Crippen molar-refractivity contribution in [3.63, 3.8) is 0 Å². The van der Waals surface area contributed by atoms with E-state index in [1.165, 1.54) is 0 Å². The minimum atomic E-state index is -1.04. The first-order chi connectivity index (χ1) is 11.2. The number of hydrogen-bond donors (Lipinski definition) is 1. The van der Waals surface area contributed by atoms with Crippen LogP contribution in [0.2, 0.25) is 0 Å². The van der Waals surface area contributed by atoms with Crippen molar-refractivity contribution in [3.8, 4) is 11.1 Å². The third-order valence-corrected chi connectivity index (χ3v) is 3.85. The van der Waals surface area contributed by atoms with Gasteiger partial charge >= 0.3 is 5.97 Å². The van der Waals surface area contributed by atoms with E-state index in [1.54, 1.807) is 6.20 Å². The summed E-state index contributed by atoms with van der Waals surface area (Å²) in [4.78, 5) is 20.4. The highest BCUT2D eigenvalue weighted by Gasteiger charge is 2.16. The Bertz CT molecular complexity index is 1040. The molecule has 2 heterocycles. The lowest BCUT2D eigenvalue weighted by atomic mass is 10.00. The van der Waals surface area contributed by atoms with Crippen molar-refractivity contribution in [2.75, 3.05) is 0 Å². The molecule has 0 bridgehead atoms. The van der Waals surface area contributed by atoms with Crippen molar-refractivity contribution >= 4 is 27.8 Å². The van der Waals surface area contributed by atoms with E-state index in [2.05, 4.69) is 9.97 Å². The zero-order valence-corrected chi connectivity index (χ0v) is 12.1. The molecule has 0 amide bonds. The molecular weight excluding hydrogens is 288 g/mol. The van der Waals surface area contributed by atoms with E-state index in [1.807, 2.05) is 60.7 Å². The van der Waals surface area contributed by atoms with Crippen LogP contribution >= 0.6 is 0 Å². The van der Waals surface area contributed by atoms with Crippen LogP contribution in [0.15, 0.2) is 66.9 Å². The van der Waals surface area contributed by atoms with Crippen molar-refractivity contribution < 1.29 is 9.90 Å². The molecule has 4 nitrogen and oxygen atoms in total. The standard InChI is InChI=1S/C19H12N2O2/c22-19(23)18-15(12-5-2-1-3-6-12)11-13-8-9-16-14(17(13)21-18)7-4-10-20-16/h1-11H,(H,22,23). The Morgan fingerprint density at radius 2 is 1.78 bits per heavy atom. The summed E-state index contributed by atoms with van der Waals surface area (Å²) in [6.45, 7) is 0. The first-order valence-corrected chi connectivity index (χ1v) is 7.21. The molecule has 2 aromatic heterocycles. The van der Waals surface area contributed by atoms with Crippen molar-refractivity contribution in [1.82, 2.24) is 9.97 Å². The van der Waals surface area contributed by atoms with Crippen molar-refractivity contribution in [2.45, 2.75) is 0 Å². The molecule has 4 rings (SSSR count). The number of carboxylic acid groups (broad SMARTS) is 1. The van der Waals surface area contributed by atoms with E-state index in [0.29, 0.717) is 11.1 Å². The second kappa shape index (κ2) is 5.18. The maximum Gasteiger partial charge on any atom is 0.355 e. The Labute approximate surface area is 132 Å². The van der Waals surface area contributed by atoms with Crippen LogP contribution in [0.3, 0.4) is 0 Å². The zero-order valence-electron chi connectivity index (χ0n) is 12.1. The number of rotatable bonds is 2. The summed E-state index contributed by atoms with van der Waals surface area (Å²) in [6.07, 6.45) is 1.71. The SMILES string of the molecule is O=C(O)c1nc2c(ccc3ncccc32)cc1-c1ccccc1. The van der Waals surface area contributed by atoms with Gasteiger partial charge in [-0.15, -0.1) is 0 Å². The predicted octanol–water partition coefficient (Wildman–Crippen LogP) is 4.15. The molecular formula is C19H12N2O2. The quantitative estimate of drug-likeness (QED) is 0.565. The summed E-state index contributed by atoms with van der Waals surface area (Å²) in [5.74, 6) is -1.04. The van der Waals surface area contributed by atoms with Gasteiger partial charge in [0.25, 0.3) is 0 Å². The van der Waals surface area contributed by atoms with Gasteiger partial charge < -0.3 is 5.11 Å². The number of carboxylic acids is 1. The summed E-state index contributed by atoms with van der Waals surface area (Å²) < 4.78 is 0. The Kier molecular flexibility index (Phi) is 3.01. The number of hydrogen-bond acceptors (Lipinski definition) is 3. The number of pyridine rings is 2. The van der Waals surface area contributed by atoms with Gasteiger partial charge in [0, 0.05) is 22.5 Å². The fourth-order valence-corrected chi connectivity index (χ4v) is 2.79. The lowest BCUT2D eigenvalue weighted by Gasteiger charge is -2.09. The predicted molar refractivity (Wildman–Crippen MR) is 89.4 cm³/mol. The summed E-state index contributed by atoms with van der Waals surface area (Å²) in [7, 11) is 0. The number of aromatic carboxylic acids is 1. The topological polar surface area (TPSA) is 63.1 Å². The van der Waals surface area contributed by atoms with Gasteiger partial charge in [-0.3, -0.25) is 4.98 Å². The van der Waals surface area contributed by atoms with Crippen molar-refractivity contribution in [2.24, 2.45) is 0 Å². The minimum absolute atomic E-state index is 0.0556. The molecule has 0 aliphatic heterocycles. The van der Waals surface area contributed by atoms with E-state index in [9.17, 15) is 9.90 Å². The Hall–Kier alpha value is -3.27. The maximum absolute atomic E-state index is 11.7. The van der Waals surface area contributed by atoms with Crippen LogP contribution in [0, 0.1) is 0 Å². The van der Waals surface area contributed by atoms with Gasteiger partial charge in [-0.05, 0) is 29.8 Å². The molecule has 0 fully saturated rings. The van der Waals surface area contributed by atoms with Crippen LogP contribution in [0.1, 0.15) is 10.5 Å². The lowest BCUT2D eigenvalue weighted by Crippen LogP contribution is -2.04. The van der Waals surface area contributed by atoms with Crippen molar-refractivity contribution in [1.29, 1.82) is 0 Å². The number of aromatic nitrogens is 2. The van der Waals surface area contributed by atoms with Crippen LogP contribution in [0.5, 0.6) is 0 Å². The third-order valence-electron chi connectivity index (χ3n) is 3.85. The van der Waals surface area contributed by atoms with Gasteiger partial charge in [0.05, 0.1) is 11.0 Å². The molecule has 0 radical (unpaired) electrons. The smallest absolute Gasteiger partial charge is 0.355 e. The molecule has 0 saturated heterocycles. The minimum Gasteiger partial charge on any atom is -0.476 e. The second-order valence-corrected chi connectivity index (χ2v) is 5.26. The van der Waals surface area contributed by atoms with Gasteiger partial charge in [0.2, 0.25) is 0 Å². The molecule has 4 aromatic rings.